The molecule has 0 aliphatic rings. The lowest BCUT2D eigenvalue weighted by Gasteiger charge is -2.10. The van der Waals surface area contributed by atoms with Crippen molar-refractivity contribution in [2.45, 2.75) is 32.9 Å². The van der Waals surface area contributed by atoms with Gasteiger partial charge in [0.05, 0.1) is 16.8 Å². The quantitative estimate of drug-likeness (QED) is 0.342. The molecule has 2 N–H and O–H groups in total. The van der Waals surface area contributed by atoms with Gasteiger partial charge in [0.1, 0.15) is 0 Å². The fraction of sp³-hybridized carbons (Fsp3) is 0.185. The molecule has 3 aromatic carbocycles. The summed E-state index contributed by atoms with van der Waals surface area (Å²) in [7, 11) is 0. The molecule has 1 aromatic heterocycles. The van der Waals surface area contributed by atoms with Crippen LogP contribution in [0.2, 0.25) is 0 Å². The molecule has 1 heterocycles. The Morgan fingerprint density at radius 2 is 1.66 bits per heavy atom. The number of carbonyl (C=O) groups excluding carboxylic acids is 1. The summed E-state index contributed by atoms with van der Waals surface area (Å²) < 4.78 is 40.4. The number of para-hydroxylation sites is 1. The number of carbonyl (C=O) groups is 1. The van der Waals surface area contributed by atoms with E-state index < -0.39 is 17.6 Å². The molecule has 0 saturated heterocycles. The van der Waals surface area contributed by atoms with Crippen LogP contribution in [0.15, 0.2) is 77.6 Å². The lowest BCUT2D eigenvalue weighted by Crippen LogP contribution is -2.16. The largest absolute Gasteiger partial charge is 0.416 e. The van der Waals surface area contributed by atoms with E-state index >= 15 is 0 Å². The van der Waals surface area contributed by atoms with Gasteiger partial charge in [-0.2, -0.15) is 13.2 Å². The number of rotatable bonds is 5. The van der Waals surface area contributed by atoms with Crippen molar-refractivity contribution in [1.29, 1.82) is 0 Å². The zero-order valence-corrected chi connectivity index (χ0v) is 19.4. The highest BCUT2D eigenvalue weighted by Crippen LogP contribution is 2.30. The molecule has 1 amide bonds. The number of aromatic nitrogens is 2. The maximum Gasteiger partial charge on any atom is 0.416 e. The third-order valence-electron chi connectivity index (χ3n) is 5.74. The van der Waals surface area contributed by atoms with Crippen molar-refractivity contribution >= 4 is 11.6 Å². The van der Waals surface area contributed by atoms with Crippen LogP contribution in [-0.2, 0) is 6.18 Å². The van der Waals surface area contributed by atoms with Crippen LogP contribution in [0.3, 0.4) is 0 Å². The number of amides is 1. The number of nitrogens with one attached hydrogen (secondary N) is 2. The van der Waals surface area contributed by atoms with Gasteiger partial charge in [-0.1, -0.05) is 50.2 Å². The smallest absolute Gasteiger partial charge is 0.322 e. The molecule has 4 aromatic rings. The lowest BCUT2D eigenvalue weighted by atomic mass is 9.99. The number of hydrogen-bond acceptors (Lipinski definition) is 2. The van der Waals surface area contributed by atoms with E-state index in [0.29, 0.717) is 16.8 Å². The Morgan fingerprint density at radius 1 is 0.971 bits per heavy atom. The van der Waals surface area contributed by atoms with Gasteiger partial charge in [-0.3, -0.25) is 14.7 Å². The zero-order valence-electron chi connectivity index (χ0n) is 19.4. The number of aryl methyl sites for hydroxylation is 1. The molecule has 35 heavy (non-hydrogen) atoms. The summed E-state index contributed by atoms with van der Waals surface area (Å²) >= 11 is 0. The predicted octanol–water partition coefficient (Wildman–Crippen LogP) is 6.54. The Morgan fingerprint density at radius 3 is 2.29 bits per heavy atom. The first-order valence-electron chi connectivity index (χ1n) is 11.1. The maximum atomic E-state index is 13.4. The normalized spacial score (nSPS) is 11.6. The van der Waals surface area contributed by atoms with Crippen LogP contribution in [-0.4, -0.2) is 15.7 Å². The van der Waals surface area contributed by atoms with Gasteiger partial charge in [0.2, 0.25) is 0 Å². The third kappa shape index (κ3) is 4.91. The molecule has 180 valence electrons. The van der Waals surface area contributed by atoms with Gasteiger partial charge in [-0.15, -0.1) is 0 Å². The molecule has 0 aliphatic heterocycles. The van der Waals surface area contributed by atoms with E-state index in [1.54, 1.807) is 24.3 Å². The first-order valence-corrected chi connectivity index (χ1v) is 11.1. The van der Waals surface area contributed by atoms with Gasteiger partial charge in [-0.25, -0.2) is 4.68 Å². The number of alkyl halides is 3. The summed E-state index contributed by atoms with van der Waals surface area (Å²) in [4.78, 5) is 25.9. The minimum atomic E-state index is -4.53. The predicted molar refractivity (Wildman–Crippen MR) is 130 cm³/mol. The van der Waals surface area contributed by atoms with Crippen LogP contribution in [0.25, 0.3) is 16.8 Å². The fourth-order valence-corrected chi connectivity index (χ4v) is 3.90. The SMILES string of the molecule is Cc1ccccc1-n1[nH]c(C(C)C)c(-c2ccc(NC(=O)c3cccc(C(F)(F)F)c3)cc2)c1=O. The van der Waals surface area contributed by atoms with Gasteiger partial charge in [0.15, 0.2) is 0 Å². The lowest BCUT2D eigenvalue weighted by molar-refractivity contribution is -0.137. The van der Waals surface area contributed by atoms with E-state index in [1.165, 1.54) is 16.8 Å². The molecular weight excluding hydrogens is 455 g/mol. The van der Waals surface area contributed by atoms with Crippen LogP contribution in [0.5, 0.6) is 0 Å². The second kappa shape index (κ2) is 9.29. The van der Waals surface area contributed by atoms with E-state index in [1.807, 2.05) is 45.0 Å². The number of benzene rings is 3. The van der Waals surface area contributed by atoms with Crippen LogP contribution in [0, 0.1) is 6.92 Å². The van der Waals surface area contributed by atoms with E-state index in [-0.39, 0.29) is 17.0 Å². The van der Waals surface area contributed by atoms with Crippen molar-refractivity contribution in [3.05, 3.63) is 106 Å². The van der Waals surface area contributed by atoms with Crippen LogP contribution in [0.1, 0.15) is 46.9 Å². The number of anilines is 1. The first-order chi connectivity index (χ1) is 16.6. The van der Waals surface area contributed by atoms with E-state index in [9.17, 15) is 22.8 Å². The first kappa shape index (κ1) is 24.1. The van der Waals surface area contributed by atoms with Crippen molar-refractivity contribution in [3.63, 3.8) is 0 Å². The van der Waals surface area contributed by atoms with E-state index in [4.69, 9.17) is 0 Å². The summed E-state index contributed by atoms with van der Waals surface area (Å²) in [5, 5.41) is 5.84. The summed E-state index contributed by atoms with van der Waals surface area (Å²) in [6, 6.07) is 18.5. The molecule has 0 atom stereocenters. The average molecular weight is 480 g/mol. The van der Waals surface area contributed by atoms with Crippen molar-refractivity contribution in [2.24, 2.45) is 0 Å². The Kier molecular flexibility index (Phi) is 6.39. The summed E-state index contributed by atoms with van der Waals surface area (Å²) in [5.74, 6) is -0.612. The molecular formula is C27H24F3N3O2. The highest BCUT2D eigenvalue weighted by atomic mass is 19.4. The van der Waals surface area contributed by atoms with Crippen LogP contribution >= 0.6 is 0 Å². The van der Waals surface area contributed by atoms with E-state index in [2.05, 4.69) is 10.4 Å². The molecule has 0 aliphatic carbocycles. The van der Waals surface area contributed by atoms with E-state index in [0.717, 1.165) is 29.1 Å². The Balaban J connectivity index is 1.64. The molecule has 0 unspecified atom stereocenters. The van der Waals surface area contributed by atoms with Crippen LogP contribution < -0.4 is 10.9 Å². The molecule has 0 fully saturated rings. The minimum Gasteiger partial charge on any atom is -0.322 e. The summed E-state index contributed by atoms with van der Waals surface area (Å²) in [6.45, 7) is 5.90. The van der Waals surface area contributed by atoms with Crippen molar-refractivity contribution in [3.8, 4) is 16.8 Å². The summed E-state index contributed by atoms with van der Waals surface area (Å²) in [6.07, 6.45) is -4.53. The second-order valence-corrected chi connectivity index (χ2v) is 8.59. The topological polar surface area (TPSA) is 66.9 Å². The van der Waals surface area contributed by atoms with Gasteiger partial charge in [0.25, 0.3) is 11.5 Å². The van der Waals surface area contributed by atoms with Gasteiger partial charge < -0.3 is 5.32 Å². The maximum absolute atomic E-state index is 13.4. The number of nitrogens with zero attached hydrogens (tertiary/aromatic N) is 1. The number of H-pyrrole nitrogens is 1. The van der Waals surface area contributed by atoms with Crippen molar-refractivity contribution < 1.29 is 18.0 Å². The van der Waals surface area contributed by atoms with Crippen molar-refractivity contribution in [2.75, 3.05) is 5.32 Å². The molecule has 0 radical (unpaired) electrons. The van der Waals surface area contributed by atoms with Crippen molar-refractivity contribution in [1.82, 2.24) is 9.78 Å². The molecule has 4 rings (SSSR count). The number of aromatic amines is 1. The third-order valence-corrected chi connectivity index (χ3v) is 5.74. The highest BCUT2D eigenvalue weighted by molar-refractivity contribution is 6.04. The molecule has 0 saturated carbocycles. The molecule has 0 spiro atoms. The van der Waals surface area contributed by atoms with Gasteiger partial charge >= 0.3 is 6.18 Å². The van der Waals surface area contributed by atoms with Crippen LogP contribution in [0.4, 0.5) is 18.9 Å². The Hall–Kier alpha value is -4.07. The Labute approximate surface area is 200 Å². The summed E-state index contributed by atoms with van der Waals surface area (Å²) in [5.41, 5.74) is 2.90. The van der Waals surface area contributed by atoms with Gasteiger partial charge in [-0.05, 0) is 60.4 Å². The second-order valence-electron chi connectivity index (χ2n) is 8.59. The minimum absolute atomic E-state index is 0.0447. The molecule has 5 nitrogen and oxygen atoms in total. The standard InChI is InChI=1S/C27H24F3N3O2/c1-16(2)24-23(26(35)33(32-24)22-10-5-4-7-17(22)3)18-11-13-21(14-12-18)31-25(34)19-8-6-9-20(15-19)27(28,29)30/h4-16,32H,1-3H3,(H,31,34). The average Bonchev–Trinajstić information content (AvgIpc) is 3.16. The molecule has 0 bridgehead atoms. The monoisotopic (exact) mass is 479 g/mol. The molecule has 8 heteroatoms. The number of halogens is 3. The van der Waals surface area contributed by atoms with Gasteiger partial charge in [0, 0.05) is 16.9 Å². The highest BCUT2D eigenvalue weighted by Gasteiger charge is 2.31. The Bertz CT molecular complexity index is 1430. The number of hydrogen-bond donors (Lipinski definition) is 2. The fourth-order valence-electron chi connectivity index (χ4n) is 3.90. The zero-order chi connectivity index (χ0) is 25.3.